The molecule has 144 valence electrons. The molecular weight excluding hydrogens is 350 g/mol. The minimum Gasteiger partial charge on any atom is -0.375 e. The van der Waals surface area contributed by atoms with Crippen molar-refractivity contribution in [3.8, 4) is 11.5 Å². The van der Waals surface area contributed by atoms with Crippen LogP contribution in [-0.4, -0.2) is 65.2 Å². The van der Waals surface area contributed by atoms with Crippen LogP contribution in [0.15, 0.2) is 28.9 Å². The molecule has 1 aliphatic rings. The third kappa shape index (κ3) is 5.10. The fourth-order valence-corrected chi connectivity index (χ4v) is 3.02. The van der Waals surface area contributed by atoms with Gasteiger partial charge in [0.2, 0.25) is 23.5 Å². The van der Waals surface area contributed by atoms with Crippen molar-refractivity contribution in [2.24, 2.45) is 5.92 Å². The number of amides is 2. The maximum atomic E-state index is 12.4. The molecule has 2 aromatic heterocycles. The van der Waals surface area contributed by atoms with Gasteiger partial charge in [-0.2, -0.15) is 4.98 Å². The Hall–Kier alpha value is -2.81. The van der Waals surface area contributed by atoms with Crippen LogP contribution in [0.25, 0.3) is 11.5 Å². The van der Waals surface area contributed by atoms with Crippen LogP contribution in [0.1, 0.15) is 18.7 Å². The average molecular weight is 373 g/mol. The zero-order valence-corrected chi connectivity index (χ0v) is 15.3. The number of methoxy groups -OCH3 is 1. The summed E-state index contributed by atoms with van der Waals surface area (Å²) in [6, 6.07) is 5.47. The first-order valence-electron chi connectivity index (χ1n) is 8.96. The van der Waals surface area contributed by atoms with Gasteiger partial charge in [0.15, 0.2) is 0 Å². The molecule has 0 bridgehead atoms. The van der Waals surface area contributed by atoms with Crippen molar-refractivity contribution in [3.63, 3.8) is 0 Å². The van der Waals surface area contributed by atoms with Crippen molar-refractivity contribution in [3.05, 3.63) is 30.3 Å². The average Bonchev–Trinajstić information content (AvgIpc) is 3.18. The lowest BCUT2D eigenvalue weighted by atomic mass is 9.97. The molecule has 1 aliphatic heterocycles. The van der Waals surface area contributed by atoms with Crippen molar-refractivity contribution in [1.82, 2.24) is 25.3 Å². The van der Waals surface area contributed by atoms with Crippen LogP contribution in [0, 0.1) is 5.92 Å². The molecule has 0 radical (unpaired) electrons. The van der Waals surface area contributed by atoms with Crippen LogP contribution in [-0.2, 0) is 20.7 Å². The first-order chi connectivity index (χ1) is 13.2. The second-order valence-electron chi connectivity index (χ2n) is 6.38. The van der Waals surface area contributed by atoms with Crippen LogP contribution in [0.2, 0.25) is 0 Å². The van der Waals surface area contributed by atoms with Gasteiger partial charge in [-0.05, 0) is 25.0 Å². The first-order valence-corrected chi connectivity index (χ1v) is 8.96. The number of hydrogen-bond acceptors (Lipinski definition) is 7. The summed E-state index contributed by atoms with van der Waals surface area (Å²) < 4.78 is 10.1. The second kappa shape index (κ2) is 9.22. The van der Waals surface area contributed by atoms with Gasteiger partial charge in [-0.25, -0.2) is 0 Å². The lowest BCUT2D eigenvalue weighted by molar-refractivity contribution is -0.138. The summed E-state index contributed by atoms with van der Waals surface area (Å²) >= 11 is 0. The molecule has 2 aromatic rings. The van der Waals surface area contributed by atoms with E-state index in [1.165, 1.54) is 7.11 Å². The molecule has 0 saturated carbocycles. The molecule has 0 unspecified atom stereocenters. The van der Waals surface area contributed by atoms with E-state index in [9.17, 15) is 9.59 Å². The van der Waals surface area contributed by atoms with Gasteiger partial charge < -0.3 is 19.5 Å². The summed E-state index contributed by atoms with van der Waals surface area (Å²) in [6.07, 6.45) is 3.68. The zero-order chi connectivity index (χ0) is 19.1. The Morgan fingerprint density at radius 3 is 3.07 bits per heavy atom. The van der Waals surface area contributed by atoms with E-state index < -0.39 is 0 Å². The highest BCUT2D eigenvalue weighted by Crippen LogP contribution is 2.17. The molecule has 0 aromatic carbocycles. The van der Waals surface area contributed by atoms with E-state index >= 15 is 0 Å². The molecule has 9 heteroatoms. The summed E-state index contributed by atoms with van der Waals surface area (Å²) in [5.74, 6) is 0.525. The molecular formula is C18H23N5O4. The Morgan fingerprint density at radius 1 is 1.41 bits per heavy atom. The van der Waals surface area contributed by atoms with Gasteiger partial charge >= 0.3 is 0 Å². The quantitative estimate of drug-likeness (QED) is 0.759. The summed E-state index contributed by atoms with van der Waals surface area (Å²) in [5.41, 5.74) is 0.638. The fourth-order valence-electron chi connectivity index (χ4n) is 3.02. The molecule has 0 aliphatic carbocycles. The van der Waals surface area contributed by atoms with Crippen molar-refractivity contribution >= 4 is 11.8 Å². The van der Waals surface area contributed by atoms with Crippen molar-refractivity contribution in [2.45, 2.75) is 19.3 Å². The smallest absolute Gasteiger partial charge is 0.248 e. The zero-order valence-electron chi connectivity index (χ0n) is 15.3. The molecule has 3 heterocycles. The highest BCUT2D eigenvalue weighted by Gasteiger charge is 2.28. The number of piperidine rings is 1. The van der Waals surface area contributed by atoms with Gasteiger partial charge in [-0.15, -0.1) is 0 Å². The molecule has 1 atom stereocenters. The van der Waals surface area contributed by atoms with Crippen LogP contribution in [0.4, 0.5) is 0 Å². The highest BCUT2D eigenvalue weighted by molar-refractivity contribution is 5.81. The van der Waals surface area contributed by atoms with Crippen LogP contribution >= 0.6 is 0 Å². The maximum Gasteiger partial charge on any atom is 0.248 e. The Labute approximate surface area is 157 Å². The third-order valence-electron chi connectivity index (χ3n) is 4.41. The minimum atomic E-state index is -0.202. The maximum absolute atomic E-state index is 12.4. The van der Waals surface area contributed by atoms with Crippen molar-refractivity contribution in [1.29, 1.82) is 0 Å². The van der Waals surface area contributed by atoms with Gasteiger partial charge in [0.05, 0.1) is 5.92 Å². The normalized spacial score (nSPS) is 16.9. The first kappa shape index (κ1) is 19.0. The SMILES string of the molecule is COCC(=O)N1CCC[C@H](C(=O)NCCc2nc(-c3ccccn3)no2)C1. The largest absolute Gasteiger partial charge is 0.375 e. The fraction of sp³-hybridized carbons (Fsp3) is 0.500. The van der Waals surface area contributed by atoms with Gasteiger partial charge in [0.25, 0.3) is 0 Å². The van der Waals surface area contributed by atoms with E-state index in [0.717, 1.165) is 12.8 Å². The number of ether oxygens (including phenoxy) is 1. The topological polar surface area (TPSA) is 110 Å². The number of hydrogen-bond donors (Lipinski definition) is 1. The standard InChI is InChI=1S/C18H23N5O4/c1-26-12-16(24)23-10-4-5-13(11-23)18(25)20-9-7-15-21-17(22-27-15)14-6-2-3-8-19-14/h2-3,6,8,13H,4-5,7,9-12H2,1H3,(H,20,25)/t13-/m0/s1. The molecule has 1 saturated heterocycles. The minimum absolute atomic E-state index is 0.0457. The van der Waals surface area contributed by atoms with Crippen molar-refractivity contribution < 1.29 is 18.8 Å². The lowest BCUT2D eigenvalue weighted by Crippen LogP contribution is -2.46. The van der Waals surface area contributed by atoms with E-state index in [0.29, 0.717) is 43.5 Å². The lowest BCUT2D eigenvalue weighted by Gasteiger charge is -2.31. The van der Waals surface area contributed by atoms with E-state index in [2.05, 4.69) is 20.4 Å². The molecule has 9 nitrogen and oxygen atoms in total. The number of carbonyl (C=O) groups is 2. The van der Waals surface area contributed by atoms with Crippen LogP contribution in [0.3, 0.4) is 0 Å². The van der Waals surface area contributed by atoms with E-state index in [4.69, 9.17) is 9.26 Å². The Kier molecular flexibility index (Phi) is 6.48. The van der Waals surface area contributed by atoms with Gasteiger partial charge in [0.1, 0.15) is 12.3 Å². The predicted molar refractivity (Wildman–Crippen MR) is 95.4 cm³/mol. The summed E-state index contributed by atoms with van der Waals surface area (Å²) in [7, 11) is 1.49. The number of carbonyl (C=O) groups excluding carboxylic acids is 2. The predicted octanol–water partition coefficient (Wildman–Crippen LogP) is 0.675. The summed E-state index contributed by atoms with van der Waals surface area (Å²) in [4.78, 5) is 34.5. The highest BCUT2D eigenvalue weighted by atomic mass is 16.5. The van der Waals surface area contributed by atoms with E-state index in [1.807, 2.05) is 12.1 Å². The summed E-state index contributed by atoms with van der Waals surface area (Å²) in [5, 5.41) is 6.79. The number of nitrogens with one attached hydrogen (secondary N) is 1. The number of aromatic nitrogens is 3. The third-order valence-corrected chi connectivity index (χ3v) is 4.41. The van der Waals surface area contributed by atoms with E-state index in [1.54, 1.807) is 17.2 Å². The Balaban J connectivity index is 1.45. The van der Waals surface area contributed by atoms with Crippen molar-refractivity contribution in [2.75, 3.05) is 33.4 Å². The van der Waals surface area contributed by atoms with Gasteiger partial charge in [0, 0.05) is 39.4 Å². The number of nitrogens with zero attached hydrogens (tertiary/aromatic N) is 4. The number of likely N-dealkylation sites (tertiary alicyclic amines) is 1. The molecule has 3 rings (SSSR count). The molecule has 0 spiro atoms. The Bertz CT molecular complexity index is 764. The summed E-state index contributed by atoms with van der Waals surface area (Å²) in [6.45, 7) is 1.54. The molecule has 1 fully saturated rings. The van der Waals surface area contributed by atoms with Crippen LogP contribution < -0.4 is 5.32 Å². The molecule has 27 heavy (non-hydrogen) atoms. The van der Waals surface area contributed by atoms with Gasteiger partial charge in [-0.1, -0.05) is 11.2 Å². The number of pyridine rings is 1. The molecule has 1 N–H and O–H groups in total. The second-order valence-corrected chi connectivity index (χ2v) is 6.38. The monoisotopic (exact) mass is 373 g/mol. The van der Waals surface area contributed by atoms with E-state index in [-0.39, 0.29) is 24.3 Å². The van der Waals surface area contributed by atoms with Gasteiger partial charge in [-0.3, -0.25) is 14.6 Å². The van der Waals surface area contributed by atoms with Crippen LogP contribution in [0.5, 0.6) is 0 Å². The molecule has 2 amide bonds. The number of rotatable bonds is 7. The Morgan fingerprint density at radius 2 is 2.30 bits per heavy atom.